The van der Waals surface area contributed by atoms with Crippen LogP contribution in [0.5, 0.6) is 5.75 Å². The first kappa shape index (κ1) is 14.0. The van der Waals surface area contributed by atoms with Crippen LogP contribution in [0, 0.1) is 0 Å². The number of ether oxygens (including phenoxy) is 1. The van der Waals surface area contributed by atoms with E-state index in [4.69, 9.17) is 14.7 Å². The van der Waals surface area contributed by atoms with Crippen LogP contribution in [0.2, 0.25) is 0 Å². The number of fused-ring (bicyclic) bond motifs is 2. The molecule has 0 fully saturated rings. The third-order valence-electron chi connectivity index (χ3n) is 3.58. The van der Waals surface area contributed by atoms with Crippen molar-refractivity contribution >= 4 is 5.78 Å². The van der Waals surface area contributed by atoms with Crippen molar-refractivity contribution in [1.29, 1.82) is 0 Å². The molecule has 3 rings (SSSR count). The maximum absolute atomic E-state index is 12.9. The molecule has 1 aromatic carbocycles. The molecule has 2 atom stereocenters. The molecule has 1 aromatic rings. The second kappa shape index (κ2) is 5.81. The first-order valence-corrected chi connectivity index (χ1v) is 6.96. The zero-order valence-electron chi connectivity index (χ0n) is 11.5. The lowest BCUT2D eigenvalue weighted by Gasteiger charge is -2.40. The monoisotopic (exact) mass is 287 g/mol. The average molecular weight is 287 g/mol. The van der Waals surface area contributed by atoms with Gasteiger partial charge < -0.3 is 9.84 Å². The van der Waals surface area contributed by atoms with Crippen molar-refractivity contribution in [3.05, 3.63) is 54.1 Å². The summed E-state index contributed by atoms with van der Waals surface area (Å²) >= 11 is 0. The first-order chi connectivity index (χ1) is 10.3. The fourth-order valence-corrected chi connectivity index (χ4v) is 2.50. The minimum atomic E-state index is -1.20. The molecule has 0 spiro atoms. The van der Waals surface area contributed by atoms with E-state index in [0.717, 1.165) is 0 Å². The van der Waals surface area contributed by atoms with Crippen molar-refractivity contribution in [3.63, 3.8) is 0 Å². The summed E-state index contributed by atoms with van der Waals surface area (Å²) in [4.78, 5) is 18.5. The Morgan fingerprint density at radius 3 is 3.05 bits per heavy atom. The number of Topliss-reactive ketones (excluding diaryl/α,β-unsaturated/α-hetero) is 1. The number of rotatable bonds is 5. The smallest absolute Gasteiger partial charge is 0.211 e. The Hall–Kier alpha value is -1.95. The van der Waals surface area contributed by atoms with Gasteiger partial charge in [0.1, 0.15) is 5.75 Å². The molecular formula is C16H17NO4. The normalized spacial score (nSPS) is 26.1. The number of aliphatic hydroxyl groups is 1. The topological polar surface area (TPSA) is 67.8 Å². The standard InChI is InChI=1S/C16H17NO4/c18-11-5-10-17-21-16-9-4-3-8-14(16)20-13-7-2-1-6-12(13)15(16)19/h1-4,6-9,14,17-18H,5,10-11H2. The molecule has 1 aliphatic heterocycles. The van der Waals surface area contributed by atoms with Crippen molar-refractivity contribution in [2.24, 2.45) is 0 Å². The molecule has 0 saturated carbocycles. The number of hydrogen-bond acceptors (Lipinski definition) is 5. The number of hydrogen-bond donors (Lipinski definition) is 2. The number of aliphatic hydroxyl groups excluding tert-OH is 1. The summed E-state index contributed by atoms with van der Waals surface area (Å²) < 4.78 is 5.89. The highest BCUT2D eigenvalue weighted by atomic mass is 16.7. The molecule has 2 N–H and O–H groups in total. The van der Waals surface area contributed by atoms with Gasteiger partial charge in [0, 0.05) is 13.2 Å². The van der Waals surface area contributed by atoms with Crippen LogP contribution in [-0.4, -0.2) is 35.7 Å². The Morgan fingerprint density at radius 2 is 2.19 bits per heavy atom. The van der Waals surface area contributed by atoms with Gasteiger partial charge in [0.15, 0.2) is 6.10 Å². The Labute approximate surface area is 122 Å². The number of hydroxylamine groups is 1. The summed E-state index contributed by atoms with van der Waals surface area (Å²) in [7, 11) is 0. The van der Waals surface area contributed by atoms with Gasteiger partial charge in [-0.25, -0.2) is 5.48 Å². The quantitative estimate of drug-likeness (QED) is 0.633. The number of allylic oxidation sites excluding steroid dienone is 2. The largest absolute Gasteiger partial charge is 0.482 e. The third kappa shape index (κ3) is 2.40. The van der Waals surface area contributed by atoms with Gasteiger partial charge in [0.05, 0.1) is 5.56 Å². The molecule has 1 aliphatic carbocycles. The van der Waals surface area contributed by atoms with Crippen LogP contribution in [0.4, 0.5) is 0 Å². The molecule has 0 saturated heterocycles. The summed E-state index contributed by atoms with van der Waals surface area (Å²) in [6.07, 6.45) is 7.17. The summed E-state index contributed by atoms with van der Waals surface area (Å²) in [6.45, 7) is 0.521. The Balaban J connectivity index is 1.90. The second-order valence-corrected chi connectivity index (χ2v) is 4.97. The van der Waals surface area contributed by atoms with E-state index in [-0.39, 0.29) is 12.4 Å². The van der Waals surface area contributed by atoms with Crippen molar-refractivity contribution < 1.29 is 19.5 Å². The van der Waals surface area contributed by atoms with E-state index in [1.807, 2.05) is 18.2 Å². The molecule has 110 valence electrons. The van der Waals surface area contributed by atoms with Crippen LogP contribution < -0.4 is 10.2 Å². The number of ketones is 1. The van der Waals surface area contributed by atoms with E-state index in [0.29, 0.717) is 24.3 Å². The molecule has 0 radical (unpaired) electrons. The highest BCUT2D eigenvalue weighted by Gasteiger charge is 2.51. The van der Waals surface area contributed by atoms with Gasteiger partial charge in [0.2, 0.25) is 11.4 Å². The predicted octanol–water partition coefficient (Wildman–Crippen LogP) is 1.40. The van der Waals surface area contributed by atoms with Gasteiger partial charge in [-0.05, 0) is 30.7 Å². The molecular weight excluding hydrogens is 270 g/mol. The molecule has 21 heavy (non-hydrogen) atoms. The maximum Gasteiger partial charge on any atom is 0.211 e. The van der Waals surface area contributed by atoms with Crippen molar-refractivity contribution in [2.75, 3.05) is 13.2 Å². The average Bonchev–Trinajstić information content (AvgIpc) is 2.53. The van der Waals surface area contributed by atoms with Gasteiger partial charge in [-0.2, -0.15) is 0 Å². The van der Waals surface area contributed by atoms with Crippen molar-refractivity contribution in [1.82, 2.24) is 5.48 Å². The first-order valence-electron chi connectivity index (χ1n) is 6.96. The number of benzene rings is 1. The lowest BCUT2D eigenvalue weighted by atomic mass is 9.82. The third-order valence-corrected chi connectivity index (χ3v) is 3.58. The number of para-hydroxylation sites is 1. The molecule has 0 amide bonds. The number of carbonyl (C=O) groups excluding carboxylic acids is 1. The van der Waals surface area contributed by atoms with E-state index in [2.05, 4.69) is 5.48 Å². The maximum atomic E-state index is 12.9. The van der Waals surface area contributed by atoms with E-state index in [1.54, 1.807) is 30.4 Å². The van der Waals surface area contributed by atoms with E-state index < -0.39 is 11.7 Å². The molecule has 5 nitrogen and oxygen atoms in total. The van der Waals surface area contributed by atoms with Gasteiger partial charge in [-0.1, -0.05) is 24.3 Å². The van der Waals surface area contributed by atoms with Crippen LogP contribution in [0.15, 0.2) is 48.6 Å². The van der Waals surface area contributed by atoms with E-state index >= 15 is 0 Å². The summed E-state index contributed by atoms with van der Waals surface area (Å²) in [5.41, 5.74) is 2.08. The van der Waals surface area contributed by atoms with Crippen LogP contribution in [-0.2, 0) is 4.84 Å². The summed E-state index contributed by atoms with van der Waals surface area (Å²) in [6, 6.07) is 7.15. The Kier molecular flexibility index (Phi) is 3.88. The van der Waals surface area contributed by atoms with Gasteiger partial charge in [-0.3, -0.25) is 9.63 Å². The molecule has 1 heterocycles. The van der Waals surface area contributed by atoms with Crippen molar-refractivity contribution in [2.45, 2.75) is 18.1 Å². The molecule has 0 bridgehead atoms. The molecule has 0 aromatic heterocycles. The minimum Gasteiger partial charge on any atom is -0.482 e. The fraction of sp³-hybridized carbons (Fsp3) is 0.312. The molecule has 2 unspecified atom stereocenters. The summed E-state index contributed by atoms with van der Waals surface area (Å²) in [5.74, 6) is 0.438. The summed E-state index contributed by atoms with van der Waals surface area (Å²) in [5, 5.41) is 8.80. The highest BCUT2D eigenvalue weighted by Crippen LogP contribution is 2.38. The molecule has 5 heteroatoms. The lowest BCUT2D eigenvalue weighted by Crippen LogP contribution is -2.57. The SMILES string of the molecule is O=C1c2ccccc2OC2C=CC=CC12ONCCCO. The Bertz CT molecular complexity index is 596. The zero-order chi connectivity index (χ0) is 14.7. The number of nitrogens with one attached hydrogen (secondary N) is 1. The fourth-order valence-electron chi connectivity index (χ4n) is 2.50. The van der Waals surface area contributed by atoms with E-state index in [1.165, 1.54) is 0 Å². The predicted molar refractivity (Wildman–Crippen MR) is 77.0 cm³/mol. The van der Waals surface area contributed by atoms with Crippen LogP contribution in [0.3, 0.4) is 0 Å². The zero-order valence-corrected chi connectivity index (χ0v) is 11.5. The van der Waals surface area contributed by atoms with Crippen LogP contribution in [0.1, 0.15) is 16.8 Å². The van der Waals surface area contributed by atoms with Gasteiger partial charge >= 0.3 is 0 Å². The lowest BCUT2D eigenvalue weighted by molar-refractivity contribution is -0.0990. The van der Waals surface area contributed by atoms with Gasteiger partial charge in [-0.15, -0.1) is 0 Å². The highest BCUT2D eigenvalue weighted by molar-refractivity contribution is 6.07. The molecule has 2 aliphatic rings. The van der Waals surface area contributed by atoms with Gasteiger partial charge in [0.25, 0.3) is 0 Å². The van der Waals surface area contributed by atoms with Crippen LogP contribution >= 0.6 is 0 Å². The Morgan fingerprint density at radius 1 is 1.33 bits per heavy atom. The minimum absolute atomic E-state index is 0.0653. The van der Waals surface area contributed by atoms with Crippen molar-refractivity contribution in [3.8, 4) is 5.75 Å². The van der Waals surface area contributed by atoms with Crippen LogP contribution in [0.25, 0.3) is 0 Å². The number of carbonyl (C=O) groups is 1. The second-order valence-electron chi connectivity index (χ2n) is 4.97. The van der Waals surface area contributed by atoms with E-state index in [9.17, 15) is 4.79 Å².